The molecule has 0 aliphatic heterocycles. The molecule has 0 saturated carbocycles. The quantitative estimate of drug-likeness (QED) is 0.863. The van der Waals surface area contributed by atoms with E-state index in [0.717, 1.165) is 13.0 Å². The largest absolute Gasteiger partial charge is 0.309 e. The molecule has 90 valence electrons. The standard InChI is InChI=1S/C14H16BrNS/c1-11(14-13(15)8-10-17-14)16-9-7-12-5-3-2-4-6-12/h2-6,8,10-11,16H,7,9H2,1H3. The monoisotopic (exact) mass is 309 g/mol. The Labute approximate surface area is 115 Å². The van der Waals surface area contributed by atoms with Crippen LogP contribution in [0.5, 0.6) is 0 Å². The summed E-state index contributed by atoms with van der Waals surface area (Å²) in [7, 11) is 0. The Bertz CT molecular complexity index is 452. The van der Waals surface area contributed by atoms with Gasteiger partial charge in [-0.15, -0.1) is 11.3 Å². The Morgan fingerprint density at radius 1 is 1.24 bits per heavy atom. The molecule has 0 saturated heterocycles. The van der Waals surface area contributed by atoms with Gasteiger partial charge in [0.25, 0.3) is 0 Å². The molecule has 0 spiro atoms. The molecule has 1 heterocycles. The molecule has 1 aromatic heterocycles. The molecule has 0 aliphatic rings. The SMILES string of the molecule is CC(NCCc1ccccc1)c1sccc1Br. The van der Waals surface area contributed by atoms with Gasteiger partial charge in [0.2, 0.25) is 0 Å². The molecular weight excluding hydrogens is 294 g/mol. The van der Waals surface area contributed by atoms with Crippen LogP contribution in [0.2, 0.25) is 0 Å². The van der Waals surface area contributed by atoms with Crippen LogP contribution in [0.1, 0.15) is 23.4 Å². The maximum absolute atomic E-state index is 3.57. The molecule has 1 nitrogen and oxygen atoms in total. The molecule has 1 N–H and O–H groups in total. The normalized spacial score (nSPS) is 12.6. The molecule has 0 radical (unpaired) electrons. The van der Waals surface area contributed by atoms with Crippen LogP contribution < -0.4 is 5.32 Å². The summed E-state index contributed by atoms with van der Waals surface area (Å²) in [4.78, 5) is 1.37. The minimum absolute atomic E-state index is 0.410. The van der Waals surface area contributed by atoms with Crippen LogP contribution in [-0.2, 0) is 6.42 Å². The van der Waals surface area contributed by atoms with E-state index in [-0.39, 0.29) is 0 Å². The van der Waals surface area contributed by atoms with Gasteiger partial charge in [-0.2, -0.15) is 0 Å². The van der Waals surface area contributed by atoms with Crippen molar-refractivity contribution in [2.45, 2.75) is 19.4 Å². The molecule has 2 rings (SSSR count). The van der Waals surface area contributed by atoms with Gasteiger partial charge in [-0.3, -0.25) is 0 Å². The maximum Gasteiger partial charge on any atom is 0.0397 e. The molecule has 2 aromatic rings. The van der Waals surface area contributed by atoms with Gasteiger partial charge in [0, 0.05) is 15.4 Å². The van der Waals surface area contributed by atoms with Crippen molar-refractivity contribution in [3.8, 4) is 0 Å². The van der Waals surface area contributed by atoms with Crippen LogP contribution in [0, 0.1) is 0 Å². The van der Waals surface area contributed by atoms with E-state index in [9.17, 15) is 0 Å². The molecule has 0 bridgehead atoms. The summed E-state index contributed by atoms with van der Waals surface area (Å²) in [6.45, 7) is 3.22. The zero-order valence-electron chi connectivity index (χ0n) is 9.82. The Morgan fingerprint density at radius 2 is 2.00 bits per heavy atom. The molecule has 1 unspecified atom stereocenters. The predicted octanol–water partition coefficient (Wildman–Crippen LogP) is 4.40. The number of hydrogen-bond donors (Lipinski definition) is 1. The smallest absolute Gasteiger partial charge is 0.0397 e. The van der Waals surface area contributed by atoms with Gasteiger partial charge in [-0.05, 0) is 52.8 Å². The van der Waals surface area contributed by atoms with Crippen LogP contribution in [0.25, 0.3) is 0 Å². The second-order valence-electron chi connectivity index (χ2n) is 4.04. The van der Waals surface area contributed by atoms with Gasteiger partial charge in [0.1, 0.15) is 0 Å². The van der Waals surface area contributed by atoms with Crippen molar-refractivity contribution >= 4 is 27.3 Å². The molecular formula is C14H16BrNS. The van der Waals surface area contributed by atoms with Gasteiger partial charge in [0.15, 0.2) is 0 Å². The molecule has 1 aromatic carbocycles. The minimum Gasteiger partial charge on any atom is -0.309 e. The third-order valence-corrected chi connectivity index (χ3v) is 4.80. The lowest BCUT2D eigenvalue weighted by Crippen LogP contribution is -2.20. The second-order valence-corrected chi connectivity index (χ2v) is 5.85. The van der Waals surface area contributed by atoms with E-state index in [1.54, 1.807) is 11.3 Å². The first-order valence-corrected chi connectivity index (χ1v) is 7.45. The Balaban J connectivity index is 1.81. The lowest BCUT2D eigenvalue weighted by atomic mass is 10.1. The van der Waals surface area contributed by atoms with Crippen LogP contribution in [0.4, 0.5) is 0 Å². The van der Waals surface area contributed by atoms with Gasteiger partial charge in [-0.1, -0.05) is 30.3 Å². The minimum atomic E-state index is 0.410. The first-order valence-electron chi connectivity index (χ1n) is 5.77. The molecule has 3 heteroatoms. The van der Waals surface area contributed by atoms with Gasteiger partial charge < -0.3 is 5.32 Å². The highest BCUT2D eigenvalue weighted by molar-refractivity contribution is 9.10. The first-order chi connectivity index (χ1) is 8.27. The van der Waals surface area contributed by atoms with E-state index in [1.165, 1.54) is 14.9 Å². The van der Waals surface area contributed by atoms with E-state index < -0.39 is 0 Å². The van der Waals surface area contributed by atoms with Crippen molar-refractivity contribution in [2.75, 3.05) is 6.54 Å². The summed E-state index contributed by atoms with van der Waals surface area (Å²) in [6.07, 6.45) is 1.08. The van der Waals surface area contributed by atoms with E-state index in [2.05, 4.69) is 69.9 Å². The highest BCUT2D eigenvalue weighted by Crippen LogP contribution is 2.28. The summed E-state index contributed by atoms with van der Waals surface area (Å²) >= 11 is 5.37. The van der Waals surface area contributed by atoms with Crippen molar-refractivity contribution in [3.05, 3.63) is 56.7 Å². The number of halogens is 1. The molecule has 0 aliphatic carbocycles. The van der Waals surface area contributed by atoms with E-state index in [0.29, 0.717) is 6.04 Å². The fourth-order valence-electron chi connectivity index (χ4n) is 1.78. The molecule has 0 amide bonds. The number of hydrogen-bond acceptors (Lipinski definition) is 2. The van der Waals surface area contributed by atoms with Crippen LogP contribution in [-0.4, -0.2) is 6.54 Å². The summed E-state index contributed by atoms with van der Waals surface area (Å²) in [5.41, 5.74) is 1.39. The average molecular weight is 310 g/mol. The molecule has 1 atom stereocenters. The summed E-state index contributed by atoms with van der Waals surface area (Å²) < 4.78 is 1.21. The van der Waals surface area contributed by atoms with Gasteiger partial charge >= 0.3 is 0 Å². The van der Waals surface area contributed by atoms with Crippen molar-refractivity contribution in [2.24, 2.45) is 0 Å². The highest BCUT2D eigenvalue weighted by atomic mass is 79.9. The van der Waals surface area contributed by atoms with E-state index in [4.69, 9.17) is 0 Å². The lowest BCUT2D eigenvalue weighted by Gasteiger charge is -2.12. The number of nitrogens with one attached hydrogen (secondary N) is 1. The third-order valence-electron chi connectivity index (χ3n) is 2.75. The Morgan fingerprint density at radius 3 is 2.65 bits per heavy atom. The second kappa shape index (κ2) is 6.34. The summed E-state index contributed by atoms with van der Waals surface area (Å²) in [5, 5.41) is 5.67. The molecule has 17 heavy (non-hydrogen) atoms. The van der Waals surface area contributed by atoms with Crippen LogP contribution in [0.3, 0.4) is 0 Å². The Kier molecular flexibility index (Phi) is 4.77. The number of thiophene rings is 1. The van der Waals surface area contributed by atoms with Gasteiger partial charge in [-0.25, -0.2) is 0 Å². The van der Waals surface area contributed by atoms with E-state index >= 15 is 0 Å². The molecule has 0 fully saturated rings. The number of benzene rings is 1. The van der Waals surface area contributed by atoms with Crippen molar-refractivity contribution in [1.29, 1.82) is 0 Å². The zero-order valence-corrected chi connectivity index (χ0v) is 12.2. The topological polar surface area (TPSA) is 12.0 Å². The van der Waals surface area contributed by atoms with Crippen molar-refractivity contribution in [1.82, 2.24) is 5.32 Å². The number of rotatable bonds is 5. The predicted molar refractivity (Wildman–Crippen MR) is 78.6 cm³/mol. The summed E-state index contributed by atoms with van der Waals surface area (Å²) in [6, 6.07) is 13.1. The average Bonchev–Trinajstić information content (AvgIpc) is 2.77. The third kappa shape index (κ3) is 3.66. The first kappa shape index (κ1) is 12.8. The highest BCUT2D eigenvalue weighted by Gasteiger charge is 2.09. The maximum atomic E-state index is 3.57. The van der Waals surface area contributed by atoms with Crippen LogP contribution >= 0.6 is 27.3 Å². The van der Waals surface area contributed by atoms with E-state index in [1.807, 2.05) is 0 Å². The van der Waals surface area contributed by atoms with Crippen LogP contribution in [0.15, 0.2) is 46.3 Å². The summed E-state index contributed by atoms with van der Waals surface area (Å²) in [5.74, 6) is 0. The zero-order chi connectivity index (χ0) is 12.1. The van der Waals surface area contributed by atoms with Gasteiger partial charge in [0.05, 0.1) is 0 Å². The lowest BCUT2D eigenvalue weighted by molar-refractivity contribution is 0.583. The van der Waals surface area contributed by atoms with Crippen molar-refractivity contribution < 1.29 is 0 Å². The Hall–Kier alpha value is -0.640. The fourth-order valence-corrected chi connectivity index (χ4v) is 3.53. The van der Waals surface area contributed by atoms with Crippen molar-refractivity contribution in [3.63, 3.8) is 0 Å². The fraction of sp³-hybridized carbons (Fsp3) is 0.286.